The smallest absolute Gasteiger partial charge is 0.291 e. The van der Waals surface area contributed by atoms with Crippen LogP contribution in [-0.4, -0.2) is 35.8 Å². The van der Waals surface area contributed by atoms with E-state index in [2.05, 4.69) is 41.4 Å². The number of benzene rings is 3. The molecule has 0 spiro atoms. The summed E-state index contributed by atoms with van der Waals surface area (Å²) in [6.45, 7) is 4.84. The number of piperidine rings is 1. The molecule has 2 aliphatic heterocycles. The van der Waals surface area contributed by atoms with Gasteiger partial charge < -0.3 is 24.3 Å². The standard InChI is InChI=1S/C29H28N2O5/c1-19-4-2-3-5-20(19)17-31-12-10-29(33,11-13-31)22-6-8-24-21(14-22)15-27(36-24)28(32)30-23-7-9-25-26(16-23)35-18-34-25/h2-9,14-16,33H,10-13,17-18H2,1H3,(H,30,32). The Labute approximate surface area is 209 Å². The SMILES string of the molecule is Cc1ccccc1CN1CCC(O)(c2ccc3oc(C(=O)Nc4ccc5c(c4)OCO5)cc3c2)CC1. The molecule has 2 N–H and O–H groups in total. The van der Waals surface area contributed by atoms with E-state index in [1.807, 2.05) is 18.2 Å². The minimum Gasteiger partial charge on any atom is -0.454 e. The number of aryl methyl sites for hydroxylation is 1. The highest BCUT2D eigenvalue weighted by Crippen LogP contribution is 2.36. The number of carbonyl (C=O) groups is 1. The Morgan fingerprint density at radius 1 is 1.00 bits per heavy atom. The first-order valence-corrected chi connectivity index (χ1v) is 12.2. The van der Waals surface area contributed by atoms with Crippen molar-refractivity contribution in [3.8, 4) is 11.5 Å². The highest BCUT2D eigenvalue weighted by Gasteiger charge is 2.34. The van der Waals surface area contributed by atoms with E-state index in [0.717, 1.165) is 30.6 Å². The lowest BCUT2D eigenvalue weighted by atomic mass is 9.84. The number of amides is 1. The van der Waals surface area contributed by atoms with Crippen LogP contribution in [0.3, 0.4) is 0 Å². The second-order valence-corrected chi connectivity index (χ2v) is 9.62. The summed E-state index contributed by atoms with van der Waals surface area (Å²) in [6.07, 6.45) is 1.30. The molecule has 0 radical (unpaired) electrons. The third kappa shape index (κ3) is 4.32. The summed E-state index contributed by atoms with van der Waals surface area (Å²) in [5.74, 6) is 1.11. The van der Waals surface area contributed by atoms with Crippen LogP contribution in [0.15, 0.2) is 71.1 Å². The number of furan rings is 1. The molecule has 4 aromatic rings. The molecule has 2 aliphatic rings. The summed E-state index contributed by atoms with van der Waals surface area (Å²) in [7, 11) is 0. The van der Waals surface area contributed by atoms with Gasteiger partial charge in [-0.15, -0.1) is 0 Å². The van der Waals surface area contributed by atoms with E-state index in [4.69, 9.17) is 13.9 Å². The van der Waals surface area contributed by atoms with Gasteiger partial charge >= 0.3 is 0 Å². The maximum Gasteiger partial charge on any atom is 0.291 e. The van der Waals surface area contributed by atoms with Gasteiger partial charge in [0.1, 0.15) is 5.58 Å². The second-order valence-electron chi connectivity index (χ2n) is 9.62. The molecule has 1 aromatic heterocycles. The van der Waals surface area contributed by atoms with Gasteiger partial charge in [0.05, 0.1) is 5.60 Å². The lowest BCUT2D eigenvalue weighted by Gasteiger charge is -2.38. The van der Waals surface area contributed by atoms with E-state index in [0.29, 0.717) is 35.6 Å². The van der Waals surface area contributed by atoms with Crippen molar-refractivity contribution < 1.29 is 23.8 Å². The Kier molecular flexibility index (Phi) is 5.66. The van der Waals surface area contributed by atoms with Crippen molar-refractivity contribution in [3.05, 3.63) is 89.2 Å². The van der Waals surface area contributed by atoms with Crippen LogP contribution < -0.4 is 14.8 Å². The molecule has 3 heterocycles. The molecule has 6 rings (SSSR count). The summed E-state index contributed by atoms with van der Waals surface area (Å²) in [6, 6.07) is 21.1. The van der Waals surface area contributed by atoms with Crippen molar-refractivity contribution in [1.29, 1.82) is 0 Å². The van der Waals surface area contributed by atoms with Gasteiger partial charge in [-0.3, -0.25) is 9.69 Å². The number of ether oxygens (including phenoxy) is 2. The molecular weight excluding hydrogens is 456 g/mol. The van der Waals surface area contributed by atoms with Crippen LogP contribution in [0.2, 0.25) is 0 Å². The van der Waals surface area contributed by atoms with Crippen LogP contribution in [0.25, 0.3) is 11.0 Å². The molecule has 0 aliphatic carbocycles. The third-order valence-corrected chi connectivity index (χ3v) is 7.25. The zero-order valence-corrected chi connectivity index (χ0v) is 20.1. The molecule has 1 amide bonds. The Morgan fingerprint density at radius 3 is 2.64 bits per heavy atom. The van der Waals surface area contributed by atoms with Gasteiger partial charge in [-0.2, -0.15) is 0 Å². The number of nitrogens with zero attached hydrogens (tertiary/aromatic N) is 1. The van der Waals surface area contributed by atoms with E-state index in [9.17, 15) is 9.90 Å². The average Bonchev–Trinajstić information content (AvgIpc) is 3.53. The highest BCUT2D eigenvalue weighted by molar-refractivity contribution is 6.04. The lowest BCUT2D eigenvalue weighted by molar-refractivity contribution is -0.0276. The molecule has 1 saturated heterocycles. The number of fused-ring (bicyclic) bond motifs is 2. The summed E-state index contributed by atoms with van der Waals surface area (Å²) in [5.41, 5.74) is 3.78. The lowest BCUT2D eigenvalue weighted by Crippen LogP contribution is -2.42. The Bertz CT molecular complexity index is 1430. The summed E-state index contributed by atoms with van der Waals surface area (Å²) in [4.78, 5) is 15.2. The van der Waals surface area contributed by atoms with Crippen molar-refractivity contribution in [2.75, 3.05) is 25.2 Å². The van der Waals surface area contributed by atoms with E-state index in [1.54, 1.807) is 24.3 Å². The number of carbonyl (C=O) groups excluding carboxylic acids is 1. The van der Waals surface area contributed by atoms with Gasteiger partial charge in [0, 0.05) is 36.8 Å². The summed E-state index contributed by atoms with van der Waals surface area (Å²) in [5, 5.41) is 15.1. The zero-order valence-electron chi connectivity index (χ0n) is 20.1. The quantitative estimate of drug-likeness (QED) is 0.405. The number of anilines is 1. The molecule has 36 heavy (non-hydrogen) atoms. The highest BCUT2D eigenvalue weighted by atomic mass is 16.7. The molecule has 1 fully saturated rings. The maximum absolute atomic E-state index is 12.8. The fourth-order valence-corrected chi connectivity index (χ4v) is 5.01. The molecular formula is C29H28N2O5. The van der Waals surface area contributed by atoms with Crippen molar-refractivity contribution in [1.82, 2.24) is 4.90 Å². The Hall–Kier alpha value is -3.81. The molecule has 0 bridgehead atoms. The topological polar surface area (TPSA) is 84.2 Å². The molecule has 0 atom stereocenters. The van der Waals surface area contributed by atoms with Gasteiger partial charge in [0.2, 0.25) is 6.79 Å². The van der Waals surface area contributed by atoms with E-state index in [-0.39, 0.29) is 18.5 Å². The first-order valence-electron chi connectivity index (χ1n) is 12.2. The largest absolute Gasteiger partial charge is 0.454 e. The Morgan fingerprint density at radius 2 is 1.81 bits per heavy atom. The average molecular weight is 485 g/mol. The molecule has 184 valence electrons. The Balaban J connectivity index is 1.14. The first kappa shape index (κ1) is 22.6. The number of rotatable bonds is 5. The number of hydrogen-bond acceptors (Lipinski definition) is 6. The van der Waals surface area contributed by atoms with E-state index >= 15 is 0 Å². The molecule has 0 saturated carbocycles. The van der Waals surface area contributed by atoms with Crippen molar-refractivity contribution in [2.45, 2.75) is 31.9 Å². The third-order valence-electron chi connectivity index (χ3n) is 7.25. The summed E-state index contributed by atoms with van der Waals surface area (Å²) >= 11 is 0. The molecule has 7 nitrogen and oxygen atoms in total. The number of aliphatic hydroxyl groups is 1. The number of nitrogens with one attached hydrogen (secondary N) is 1. The van der Waals surface area contributed by atoms with Gasteiger partial charge in [0.15, 0.2) is 17.3 Å². The van der Waals surface area contributed by atoms with Gasteiger partial charge in [-0.25, -0.2) is 0 Å². The predicted molar refractivity (Wildman–Crippen MR) is 136 cm³/mol. The van der Waals surface area contributed by atoms with Crippen molar-refractivity contribution in [2.24, 2.45) is 0 Å². The molecule has 7 heteroatoms. The van der Waals surface area contributed by atoms with Gasteiger partial charge in [-0.1, -0.05) is 30.3 Å². The van der Waals surface area contributed by atoms with Crippen molar-refractivity contribution >= 4 is 22.6 Å². The second kappa shape index (κ2) is 9.00. The summed E-state index contributed by atoms with van der Waals surface area (Å²) < 4.78 is 16.5. The first-order chi connectivity index (χ1) is 17.5. The predicted octanol–water partition coefficient (Wildman–Crippen LogP) is 5.21. The fourth-order valence-electron chi connectivity index (χ4n) is 5.01. The van der Waals surface area contributed by atoms with Crippen LogP contribution in [0.1, 0.15) is 40.1 Å². The van der Waals surface area contributed by atoms with Crippen LogP contribution in [0.5, 0.6) is 11.5 Å². The number of hydrogen-bond donors (Lipinski definition) is 2. The van der Waals surface area contributed by atoms with E-state index in [1.165, 1.54) is 11.1 Å². The van der Waals surface area contributed by atoms with Crippen LogP contribution in [-0.2, 0) is 12.1 Å². The molecule has 3 aromatic carbocycles. The van der Waals surface area contributed by atoms with Crippen molar-refractivity contribution in [3.63, 3.8) is 0 Å². The monoisotopic (exact) mass is 484 g/mol. The minimum atomic E-state index is -0.900. The minimum absolute atomic E-state index is 0.176. The fraction of sp³-hybridized carbons (Fsp3) is 0.276. The normalized spacial score (nSPS) is 16.8. The maximum atomic E-state index is 12.8. The van der Waals surface area contributed by atoms with Crippen LogP contribution in [0.4, 0.5) is 5.69 Å². The number of likely N-dealkylation sites (tertiary alicyclic amines) is 1. The van der Waals surface area contributed by atoms with Gasteiger partial charge in [-0.05, 0) is 66.8 Å². The van der Waals surface area contributed by atoms with Crippen LogP contribution >= 0.6 is 0 Å². The van der Waals surface area contributed by atoms with Gasteiger partial charge in [0.25, 0.3) is 5.91 Å². The zero-order chi connectivity index (χ0) is 24.7. The molecule has 0 unspecified atom stereocenters. The van der Waals surface area contributed by atoms with E-state index < -0.39 is 5.60 Å². The van der Waals surface area contributed by atoms with Crippen LogP contribution in [0, 0.1) is 6.92 Å².